The molecule has 124 valence electrons. The van der Waals surface area contributed by atoms with Crippen molar-refractivity contribution in [3.05, 3.63) is 0 Å². The van der Waals surface area contributed by atoms with Gasteiger partial charge in [-0.2, -0.15) is 0 Å². The lowest BCUT2D eigenvalue weighted by Gasteiger charge is -2.50. The molecule has 2 fully saturated rings. The van der Waals surface area contributed by atoms with Gasteiger partial charge in [-0.15, -0.1) is 0 Å². The second-order valence-corrected chi connectivity index (χ2v) is 8.53. The fourth-order valence-corrected chi connectivity index (χ4v) is 4.23. The van der Waals surface area contributed by atoms with Gasteiger partial charge in [0.15, 0.2) is 0 Å². The van der Waals surface area contributed by atoms with Crippen LogP contribution in [-0.4, -0.2) is 72.0 Å². The average molecular weight is 298 g/mol. The topological polar surface area (TPSA) is 35.9 Å². The van der Waals surface area contributed by atoms with Gasteiger partial charge in [-0.05, 0) is 68.1 Å². The van der Waals surface area contributed by atoms with Crippen molar-refractivity contribution in [2.45, 2.75) is 69.8 Å². The summed E-state index contributed by atoms with van der Waals surface area (Å²) < 4.78 is 6.09. The Morgan fingerprint density at radius 2 is 1.62 bits per heavy atom. The molecular weight excluding hydrogens is 264 g/mol. The highest BCUT2D eigenvalue weighted by atomic mass is 16.5. The molecule has 2 unspecified atom stereocenters. The highest BCUT2D eigenvalue weighted by Gasteiger charge is 2.53. The predicted molar refractivity (Wildman–Crippen MR) is 86.5 cm³/mol. The molecule has 4 heteroatoms. The maximum atomic E-state index is 10.6. The number of ether oxygens (including phenoxy) is 1. The molecule has 1 aliphatic carbocycles. The maximum absolute atomic E-state index is 10.6. The van der Waals surface area contributed by atoms with Gasteiger partial charge in [-0.25, -0.2) is 0 Å². The van der Waals surface area contributed by atoms with Crippen molar-refractivity contribution in [3.63, 3.8) is 0 Å². The molecule has 1 N–H and O–H groups in total. The zero-order valence-corrected chi connectivity index (χ0v) is 14.9. The summed E-state index contributed by atoms with van der Waals surface area (Å²) in [5.41, 5.74) is -0.397. The molecule has 0 aromatic heterocycles. The van der Waals surface area contributed by atoms with Crippen molar-refractivity contribution in [2.24, 2.45) is 5.92 Å². The molecule has 1 saturated carbocycles. The van der Waals surface area contributed by atoms with Gasteiger partial charge in [0, 0.05) is 24.5 Å². The van der Waals surface area contributed by atoms with Crippen LogP contribution in [0.15, 0.2) is 0 Å². The number of hydrogen-bond acceptors (Lipinski definition) is 4. The molecule has 1 saturated heterocycles. The van der Waals surface area contributed by atoms with Gasteiger partial charge in [0.1, 0.15) is 0 Å². The highest BCUT2D eigenvalue weighted by Crippen LogP contribution is 2.43. The van der Waals surface area contributed by atoms with E-state index in [1.165, 1.54) is 19.3 Å². The van der Waals surface area contributed by atoms with E-state index in [0.29, 0.717) is 5.54 Å². The number of aliphatic hydroxyl groups is 1. The Kier molecular flexibility index (Phi) is 4.49. The van der Waals surface area contributed by atoms with Crippen molar-refractivity contribution in [2.75, 3.05) is 34.2 Å². The molecule has 0 radical (unpaired) electrons. The SMILES string of the molecule is CN(CC1C(O)C(C)(C)OC1(C)C)CC1(N(C)C)CCC1. The first-order valence-electron chi connectivity index (χ1n) is 8.24. The molecule has 0 aromatic carbocycles. The lowest BCUT2D eigenvalue weighted by molar-refractivity contribution is -0.0915. The van der Waals surface area contributed by atoms with E-state index in [2.05, 4.69) is 44.8 Å². The van der Waals surface area contributed by atoms with Crippen LogP contribution < -0.4 is 0 Å². The van der Waals surface area contributed by atoms with E-state index in [1.807, 2.05) is 13.8 Å². The second kappa shape index (κ2) is 5.48. The molecule has 0 bridgehead atoms. The third kappa shape index (κ3) is 3.14. The Balaban J connectivity index is 2.01. The lowest BCUT2D eigenvalue weighted by atomic mass is 9.75. The fraction of sp³-hybridized carbons (Fsp3) is 1.00. The molecule has 0 aromatic rings. The normalized spacial score (nSPS) is 33.4. The molecule has 0 amide bonds. The van der Waals surface area contributed by atoms with Gasteiger partial charge in [-0.3, -0.25) is 0 Å². The molecule has 1 heterocycles. The number of aliphatic hydroxyl groups excluding tert-OH is 1. The largest absolute Gasteiger partial charge is 0.390 e. The molecule has 1 aliphatic heterocycles. The van der Waals surface area contributed by atoms with Gasteiger partial charge in [0.25, 0.3) is 0 Å². The first-order valence-corrected chi connectivity index (χ1v) is 8.24. The van der Waals surface area contributed by atoms with Crippen LogP contribution in [0.2, 0.25) is 0 Å². The monoisotopic (exact) mass is 298 g/mol. The summed E-state index contributed by atoms with van der Waals surface area (Å²) >= 11 is 0. The fourth-order valence-electron chi connectivity index (χ4n) is 4.23. The summed E-state index contributed by atoms with van der Waals surface area (Å²) in [6.07, 6.45) is 3.48. The summed E-state index contributed by atoms with van der Waals surface area (Å²) in [4.78, 5) is 4.77. The number of likely N-dealkylation sites (N-methyl/N-ethyl adjacent to an activating group) is 2. The van der Waals surface area contributed by atoms with Gasteiger partial charge in [0.2, 0.25) is 0 Å². The molecule has 4 nitrogen and oxygen atoms in total. The second-order valence-electron chi connectivity index (χ2n) is 8.53. The van der Waals surface area contributed by atoms with Crippen LogP contribution in [-0.2, 0) is 4.74 Å². The molecule has 21 heavy (non-hydrogen) atoms. The van der Waals surface area contributed by atoms with Crippen LogP contribution in [0.25, 0.3) is 0 Å². The number of nitrogens with zero attached hydrogens (tertiary/aromatic N) is 2. The van der Waals surface area contributed by atoms with Gasteiger partial charge < -0.3 is 19.6 Å². The Hall–Kier alpha value is -0.160. The summed E-state index contributed by atoms with van der Waals surface area (Å²) in [6, 6.07) is 0. The van der Waals surface area contributed by atoms with Gasteiger partial charge >= 0.3 is 0 Å². The number of rotatable bonds is 5. The smallest absolute Gasteiger partial charge is 0.0896 e. The van der Waals surface area contributed by atoms with Crippen LogP contribution >= 0.6 is 0 Å². The van der Waals surface area contributed by atoms with Crippen molar-refractivity contribution < 1.29 is 9.84 Å². The van der Waals surface area contributed by atoms with E-state index in [4.69, 9.17) is 4.74 Å². The van der Waals surface area contributed by atoms with Crippen LogP contribution in [0.4, 0.5) is 0 Å². The van der Waals surface area contributed by atoms with Crippen molar-refractivity contribution >= 4 is 0 Å². The zero-order chi connectivity index (χ0) is 16.1. The van der Waals surface area contributed by atoms with E-state index in [-0.39, 0.29) is 11.5 Å². The summed E-state index contributed by atoms with van der Waals surface area (Å²) in [6.45, 7) is 10.1. The van der Waals surface area contributed by atoms with Gasteiger partial charge in [-0.1, -0.05) is 0 Å². The lowest BCUT2D eigenvalue weighted by Crippen LogP contribution is -2.57. The Bertz CT molecular complexity index is 375. The molecular formula is C17H34N2O2. The minimum Gasteiger partial charge on any atom is -0.390 e. The first-order chi connectivity index (χ1) is 9.50. The third-order valence-electron chi connectivity index (χ3n) is 5.82. The van der Waals surface area contributed by atoms with E-state index < -0.39 is 11.7 Å². The van der Waals surface area contributed by atoms with Crippen LogP contribution in [0.3, 0.4) is 0 Å². The highest BCUT2D eigenvalue weighted by molar-refractivity contribution is 5.03. The average Bonchev–Trinajstić information content (AvgIpc) is 2.41. The summed E-state index contributed by atoms with van der Waals surface area (Å²) in [5, 5.41) is 10.6. The summed E-state index contributed by atoms with van der Waals surface area (Å²) in [7, 11) is 6.55. The molecule has 2 aliphatic rings. The molecule has 2 rings (SSSR count). The molecule has 0 spiro atoms. The van der Waals surface area contributed by atoms with Gasteiger partial charge in [0.05, 0.1) is 17.3 Å². The zero-order valence-electron chi connectivity index (χ0n) is 14.9. The van der Waals surface area contributed by atoms with Crippen LogP contribution in [0.1, 0.15) is 47.0 Å². The Morgan fingerprint density at radius 3 is 1.95 bits per heavy atom. The third-order valence-corrected chi connectivity index (χ3v) is 5.82. The minimum atomic E-state index is -0.454. The Morgan fingerprint density at radius 1 is 1.05 bits per heavy atom. The van der Waals surface area contributed by atoms with E-state index in [1.54, 1.807) is 0 Å². The van der Waals surface area contributed by atoms with Crippen LogP contribution in [0.5, 0.6) is 0 Å². The standard InChI is InChI=1S/C17H34N2O2/c1-15(2)13(14(20)16(3,4)21-15)11-19(7)12-17(18(5)6)9-8-10-17/h13-14,20H,8-12H2,1-7H3. The van der Waals surface area contributed by atoms with Crippen molar-refractivity contribution in [1.29, 1.82) is 0 Å². The predicted octanol–water partition coefficient (Wildman–Crippen LogP) is 1.97. The first kappa shape index (κ1) is 17.2. The van der Waals surface area contributed by atoms with Crippen LogP contribution in [0, 0.1) is 5.92 Å². The summed E-state index contributed by atoms with van der Waals surface area (Å²) in [5.74, 6) is 0.150. The number of hydrogen-bond donors (Lipinski definition) is 1. The van der Waals surface area contributed by atoms with Crippen molar-refractivity contribution in [3.8, 4) is 0 Å². The quantitative estimate of drug-likeness (QED) is 0.842. The Labute approximate surface area is 130 Å². The van der Waals surface area contributed by atoms with E-state index in [9.17, 15) is 5.11 Å². The maximum Gasteiger partial charge on any atom is 0.0896 e. The van der Waals surface area contributed by atoms with E-state index >= 15 is 0 Å². The van der Waals surface area contributed by atoms with E-state index in [0.717, 1.165) is 13.1 Å². The molecule has 2 atom stereocenters. The van der Waals surface area contributed by atoms with Crippen molar-refractivity contribution in [1.82, 2.24) is 9.80 Å². The minimum absolute atomic E-state index is 0.150.